The predicted octanol–water partition coefficient (Wildman–Crippen LogP) is 18.6. The number of aliphatic hydroxyl groups excluding tert-OH is 11. The van der Waals surface area contributed by atoms with Gasteiger partial charge in [0.15, 0.2) is 18.9 Å². The number of amides is 1. The highest BCUT2D eigenvalue weighted by Crippen LogP contribution is 2.34. The summed E-state index contributed by atoms with van der Waals surface area (Å²) in [6.45, 7) is 1.79. The fraction of sp³-hybridized carbons (Fsp3) is 0.925. The summed E-state index contributed by atoms with van der Waals surface area (Å²) >= 11 is 0. The van der Waals surface area contributed by atoms with Crippen LogP contribution in [0.1, 0.15) is 418 Å². The van der Waals surface area contributed by atoms with E-state index in [0.29, 0.717) is 12.8 Å². The molecule has 12 N–H and O–H groups in total. The molecule has 17 unspecified atom stereocenters. The van der Waals surface area contributed by atoms with Crippen molar-refractivity contribution in [2.45, 2.75) is 523 Å². The predicted molar refractivity (Wildman–Crippen MR) is 453 cm³/mol. The van der Waals surface area contributed by atoms with E-state index in [-0.39, 0.29) is 18.9 Å². The molecule has 19 heteroatoms. The van der Waals surface area contributed by atoms with E-state index in [4.69, 9.17) is 28.4 Å². The number of aliphatic hydroxyl groups is 11. The molecule has 660 valence electrons. The molecule has 0 aromatic carbocycles. The van der Waals surface area contributed by atoms with E-state index in [1.54, 1.807) is 6.08 Å². The highest BCUT2D eigenvalue weighted by Gasteiger charge is 2.54. The number of carbonyl (C=O) groups is 1. The van der Waals surface area contributed by atoms with Crippen LogP contribution in [-0.4, -0.2) is 193 Å². The minimum atomic E-state index is -1.98. The van der Waals surface area contributed by atoms with Gasteiger partial charge < -0.3 is 89.9 Å². The number of rotatable bonds is 78. The maximum Gasteiger partial charge on any atom is 0.220 e. The van der Waals surface area contributed by atoms with Crippen LogP contribution in [0, 0.1) is 0 Å². The smallest absolute Gasteiger partial charge is 0.220 e. The van der Waals surface area contributed by atoms with Crippen LogP contribution >= 0.6 is 0 Å². The molecule has 0 aromatic heterocycles. The third kappa shape index (κ3) is 50.8. The molecule has 0 radical (unpaired) electrons. The fourth-order valence-corrected chi connectivity index (χ4v) is 16.2. The normalized spacial score (nSPS) is 25.0. The van der Waals surface area contributed by atoms with Crippen molar-refractivity contribution in [3.8, 4) is 0 Å². The monoisotopic (exact) mass is 1590 g/mol. The first kappa shape index (κ1) is 104. The standard InChI is InChI=1S/C93H175NO18/c1-3-5-7-9-11-13-15-17-19-21-23-25-27-29-31-32-33-34-35-36-37-38-39-40-41-42-43-44-45-47-49-51-53-55-57-59-61-63-65-67-69-71-81(99)94-76(77(98)70-68-66-64-62-60-58-56-54-52-50-48-46-30-28-26-24-22-20-18-16-14-12-10-8-6-4-2)75-107-91-87(105)84(102)89(79(73-96)109-91)112-93-88(106)85(103)90(80(74-97)110-93)111-92-86(104)83(101)82(100)78(72-95)108-92/h21,23,60,62,68,70,76-80,82-93,95-98,100-106H,3-20,22,24-59,61,63-67,69,71-75H2,1-2H3,(H,94,99)/b23-21-,62-60+,70-68+. The largest absolute Gasteiger partial charge is 0.394 e. The minimum Gasteiger partial charge on any atom is -0.394 e. The van der Waals surface area contributed by atoms with Crippen molar-refractivity contribution in [2.24, 2.45) is 0 Å². The number of allylic oxidation sites excluding steroid dienone is 5. The third-order valence-corrected chi connectivity index (χ3v) is 23.7. The van der Waals surface area contributed by atoms with E-state index in [2.05, 4.69) is 43.5 Å². The van der Waals surface area contributed by atoms with Gasteiger partial charge in [0, 0.05) is 6.42 Å². The lowest BCUT2D eigenvalue weighted by Gasteiger charge is -2.48. The number of nitrogens with one attached hydrogen (secondary N) is 1. The first-order chi connectivity index (χ1) is 54.8. The molecule has 1 amide bonds. The maximum atomic E-state index is 13.5. The maximum absolute atomic E-state index is 13.5. The molecule has 0 saturated carbocycles. The molecule has 3 heterocycles. The quantitative estimate of drug-likeness (QED) is 0.0199. The highest BCUT2D eigenvalue weighted by atomic mass is 16.8. The SMILES string of the molecule is CCCCCCCCCC/C=C\CCCCCCCCCCCCCCCCCCCCCCCCCCCCCCCC(=O)NC(COC1OC(CO)C(OC2OC(CO)C(OC3OC(CO)C(O)C(O)C3O)C(O)C2O)C(O)C1O)C(O)/C=C/CC/C=C/CCCCCCCCCCCCCCCCCCCCCC. The molecular weight excluding hydrogens is 1420 g/mol. The summed E-state index contributed by atoms with van der Waals surface area (Å²) in [5.41, 5.74) is 0. The lowest BCUT2D eigenvalue weighted by atomic mass is 9.96. The van der Waals surface area contributed by atoms with E-state index in [1.807, 2.05) is 6.08 Å². The number of hydrogen-bond donors (Lipinski definition) is 12. The molecule has 0 spiro atoms. The minimum absolute atomic E-state index is 0.241. The van der Waals surface area contributed by atoms with Gasteiger partial charge in [0.1, 0.15) is 73.2 Å². The van der Waals surface area contributed by atoms with Gasteiger partial charge in [-0.1, -0.05) is 391 Å². The zero-order valence-corrected chi connectivity index (χ0v) is 71.4. The van der Waals surface area contributed by atoms with Gasteiger partial charge in [0.05, 0.1) is 38.6 Å². The number of carbonyl (C=O) groups excluding carboxylic acids is 1. The Morgan fingerprint density at radius 2 is 0.571 bits per heavy atom. The zero-order chi connectivity index (χ0) is 81.0. The van der Waals surface area contributed by atoms with Crippen molar-refractivity contribution in [1.82, 2.24) is 5.32 Å². The average Bonchev–Trinajstić information content (AvgIpc) is 0.781. The van der Waals surface area contributed by atoms with Gasteiger partial charge in [-0.3, -0.25) is 4.79 Å². The Morgan fingerprint density at radius 3 is 0.893 bits per heavy atom. The lowest BCUT2D eigenvalue weighted by Crippen LogP contribution is -2.66. The molecule has 0 aromatic rings. The molecule has 19 nitrogen and oxygen atoms in total. The summed E-state index contributed by atoms with van der Waals surface area (Å²) in [6, 6.07) is -0.990. The van der Waals surface area contributed by atoms with Crippen molar-refractivity contribution in [3.63, 3.8) is 0 Å². The Bertz CT molecular complexity index is 2160. The van der Waals surface area contributed by atoms with E-state index in [1.165, 1.54) is 347 Å². The van der Waals surface area contributed by atoms with Crippen molar-refractivity contribution in [1.29, 1.82) is 0 Å². The molecule has 17 atom stereocenters. The van der Waals surface area contributed by atoms with Crippen LogP contribution in [0.25, 0.3) is 0 Å². The summed E-state index contributed by atoms with van der Waals surface area (Å²) in [5, 5.41) is 121. The Morgan fingerprint density at radius 1 is 0.312 bits per heavy atom. The fourth-order valence-electron chi connectivity index (χ4n) is 16.2. The second-order valence-electron chi connectivity index (χ2n) is 33.8. The van der Waals surface area contributed by atoms with Crippen LogP contribution in [0.15, 0.2) is 36.5 Å². The van der Waals surface area contributed by atoms with Crippen LogP contribution in [0.3, 0.4) is 0 Å². The third-order valence-electron chi connectivity index (χ3n) is 23.7. The summed E-state index contributed by atoms with van der Waals surface area (Å²) in [4.78, 5) is 13.5. The van der Waals surface area contributed by atoms with Crippen molar-refractivity contribution in [2.75, 3.05) is 26.4 Å². The Hall–Kier alpha value is -1.99. The average molecular weight is 1600 g/mol. The molecule has 3 aliphatic heterocycles. The van der Waals surface area contributed by atoms with Crippen LogP contribution in [-0.2, 0) is 33.2 Å². The van der Waals surface area contributed by atoms with E-state index < -0.39 is 124 Å². The van der Waals surface area contributed by atoms with Crippen LogP contribution in [0.5, 0.6) is 0 Å². The first-order valence-electron chi connectivity index (χ1n) is 47.2. The summed E-state index contributed by atoms with van der Waals surface area (Å²) in [5.74, 6) is -0.276. The van der Waals surface area contributed by atoms with Gasteiger partial charge in [0.2, 0.25) is 5.91 Å². The van der Waals surface area contributed by atoms with Crippen LogP contribution in [0.4, 0.5) is 0 Å². The number of ether oxygens (including phenoxy) is 6. The van der Waals surface area contributed by atoms with Crippen molar-refractivity contribution >= 4 is 5.91 Å². The highest BCUT2D eigenvalue weighted by molar-refractivity contribution is 5.76. The topological polar surface area (TPSA) is 307 Å². The van der Waals surface area contributed by atoms with Crippen LogP contribution in [0.2, 0.25) is 0 Å². The van der Waals surface area contributed by atoms with Crippen molar-refractivity contribution in [3.05, 3.63) is 36.5 Å². The van der Waals surface area contributed by atoms with Gasteiger partial charge in [0.25, 0.3) is 0 Å². The zero-order valence-electron chi connectivity index (χ0n) is 71.4. The van der Waals surface area contributed by atoms with E-state index in [0.717, 1.165) is 38.5 Å². The number of hydrogen-bond acceptors (Lipinski definition) is 18. The van der Waals surface area contributed by atoms with E-state index >= 15 is 0 Å². The van der Waals surface area contributed by atoms with Gasteiger partial charge >= 0.3 is 0 Å². The summed E-state index contributed by atoms with van der Waals surface area (Å²) < 4.78 is 34.5. The van der Waals surface area contributed by atoms with Gasteiger partial charge in [-0.2, -0.15) is 0 Å². The second-order valence-corrected chi connectivity index (χ2v) is 33.8. The van der Waals surface area contributed by atoms with Crippen LogP contribution < -0.4 is 5.32 Å². The molecule has 112 heavy (non-hydrogen) atoms. The van der Waals surface area contributed by atoms with Crippen molar-refractivity contribution < 1.29 is 89.4 Å². The lowest BCUT2D eigenvalue weighted by molar-refractivity contribution is -0.379. The first-order valence-corrected chi connectivity index (χ1v) is 47.2. The Balaban J connectivity index is 1.29. The molecule has 0 aliphatic carbocycles. The second kappa shape index (κ2) is 73.0. The molecular formula is C93H175NO18. The Labute approximate surface area is 682 Å². The molecule has 3 saturated heterocycles. The van der Waals surface area contributed by atoms with E-state index in [9.17, 15) is 61.0 Å². The Kier molecular flexibility index (Phi) is 67.9. The molecule has 3 aliphatic rings. The van der Waals surface area contributed by atoms with Gasteiger partial charge in [-0.15, -0.1) is 0 Å². The number of unbranched alkanes of at least 4 members (excludes halogenated alkanes) is 58. The summed E-state index contributed by atoms with van der Waals surface area (Å²) in [6.07, 6.45) is 67.6. The molecule has 0 bridgehead atoms. The molecule has 3 rings (SSSR count). The molecule has 3 fully saturated rings. The van der Waals surface area contributed by atoms with Gasteiger partial charge in [-0.25, -0.2) is 0 Å². The van der Waals surface area contributed by atoms with Gasteiger partial charge in [-0.05, 0) is 57.8 Å². The summed E-state index contributed by atoms with van der Waals surface area (Å²) in [7, 11) is 0.